The third-order valence-electron chi connectivity index (χ3n) is 7.30. The maximum Gasteiger partial charge on any atom is 0.243 e. The van der Waals surface area contributed by atoms with Crippen LogP contribution in [0.1, 0.15) is 55.4 Å². The van der Waals surface area contributed by atoms with Crippen LogP contribution in [0.25, 0.3) is 0 Å². The third kappa shape index (κ3) is 9.60. The van der Waals surface area contributed by atoms with E-state index >= 15 is 0 Å². The van der Waals surface area contributed by atoms with Gasteiger partial charge in [0.25, 0.3) is 0 Å². The highest BCUT2D eigenvalue weighted by atomic mass is 35.5. The Morgan fingerprint density at radius 3 is 2.29 bits per heavy atom. The molecule has 0 saturated carbocycles. The van der Waals surface area contributed by atoms with Crippen LogP contribution in [0.5, 0.6) is 0 Å². The summed E-state index contributed by atoms with van der Waals surface area (Å²) in [5, 5.41) is 3.51. The molecule has 0 aliphatic heterocycles. The summed E-state index contributed by atoms with van der Waals surface area (Å²) in [5.41, 5.74) is 4.18. The van der Waals surface area contributed by atoms with Crippen molar-refractivity contribution in [2.24, 2.45) is 0 Å². The molecule has 0 aliphatic carbocycles. The molecule has 0 heterocycles. The molecule has 2 atom stereocenters. The molecule has 1 N–H and O–H groups in total. The van der Waals surface area contributed by atoms with Crippen molar-refractivity contribution < 1.29 is 18.0 Å². The van der Waals surface area contributed by atoms with Crippen molar-refractivity contribution in [2.45, 2.75) is 72.0 Å². The summed E-state index contributed by atoms with van der Waals surface area (Å²) in [7, 11) is -3.63. The Hall–Kier alpha value is -3.36. The normalized spacial score (nSPS) is 12.8. The van der Waals surface area contributed by atoms with Gasteiger partial charge in [-0.2, -0.15) is 0 Å². The molecule has 3 aromatic carbocycles. The number of carbonyl (C=O) groups excluding carboxylic acids is 2. The summed E-state index contributed by atoms with van der Waals surface area (Å²) < 4.78 is 26.8. The van der Waals surface area contributed by atoms with Gasteiger partial charge in [0.15, 0.2) is 0 Å². The minimum atomic E-state index is -3.63. The molecular weight excluding hydrogens is 570 g/mol. The zero-order valence-corrected chi connectivity index (χ0v) is 26.7. The molecule has 9 heteroatoms. The number of halogens is 1. The van der Waals surface area contributed by atoms with Gasteiger partial charge in [-0.1, -0.05) is 84.8 Å². The van der Waals surface area contributed by atoms with E-state index in [9.17, 15) is 18.0 Å². The third-order valence-corrected chi connectivity index (χ3v) is 8.71. The maximum atomic E-state index is 14.0. The number of carbonyl (C=O) groups is 2. The number of hydrogen-bond donors (Lipinski definition) is 1. The van der Waals surface area contributed by atoms with Gasteiger partial charge < -0.3 is 10.2 Å². The van der Waals surface area contributed by atoms with Gasteiger partial charge in [-0.05, 0) is 62.4 Å². The summed E-state index contributed by atoms with van der Waals surface area (Å²) in [6.07, 6.45) is 2.61. The van der Waals surface area contributed by atoms with Crippen molar-refractivity contribution in [3.05, 3.63) is 100 Å². The first-order valence-corrected chi connectivity index (χ1v) is 16.5. The number of rotatable bonds is 14. The van der Waals surface area contributed by atoms with Crippen LogP contribution in [0, 0.1) is 13.8 Å². The van der Waals surface area contributed by atoms with Crippen LogP contribution in [-0.4, -0.2) is 50.0 Å². The predicted molar refractivity (Wildman–Crippen MR) is 171 cm³/mol. The fourth-order valence-corrected chi connectivity index (χ4v) is 6.02. The lowest BCUT2D eigenvalue weighted by atomic mass is 10.0. The Morgan fingerprint density at radius 2 is 1.64 bits per heavy atom. The van der Waals surface area contributed by atoms with Crippen LogP contribution in [0.4, 0.5) is 5.69 Å². The predicted octanol–water partition coefficient (Wildman–Crippen LogP) is 6.06. The summed E-state index contributed by atoms with van der Waals surface area (Å²) in [6.45, 7) is 8.12. The Balaban J connectivity index is 1.91. The minimum absolute atomic E-state index is 0.0454. The Kier molecular flexibility index (Phi) is 12.0. The molecule has 0 bridgehead atoms. The van der Waals surface area contributed by atoms with Crippen LogP contribution in [0.2, 0.25) is 5.02 Å². The Bertz CT molecular complexity index is 1460. The highest BCUT2D eigenvalue weighted by Gasteiger charge is 2.31. The number of sulfonamides is 1. The smallest absolute Gasteiger partial charge is 0.243 e. The van der Waals surface area contributed by atoms with Crippen LogP contribution in [0.15, 0.2) is 72.8 Å². The monoisotopic (exact) mass is 611 g/mol. The Morgan fingerprint density at radius 1 is 0.952 bits per heavy atom. The molecule has 0 saturated heterocycles. The number of anilines is 1. The van der Waals surface area contributed by atoms with Crippen LogP contribution < -0.4 is 9.62 Å². The maximum absolute atomic E-state index is 14.0. The molecule has 7 nitrogen and oxygen atoms in total. The van der Waals surface area contributed by atoms with Crippen LogP contribution in [0.3, 0.4) is 0 Å². The average molecular weight is 612 g/mol. The molecule has 226 valence electrons. The molecule has 2 amide bonds. The van der Waals surface area contributed by atoms with Crippen molar-refractivity contribution in [2.75, 3.05) is 17.1 Å². The fourth-order valence-electron chi connectivity index (χ4n) is 4.84. The molecule has 42 heavy (non-hydrogen) atoms. The zero-order valence-electron chi connectivity index (χ0n) is 25.1. The van der Waals surface area contributed by atoms with Gasteiger partial charge >= 0.3 is 0 Å². The van der Waals surface area contributed by atoms with Gasteiger partial charge in [-0.3, -0.25) is 13.9 Å². The van der Waals surface area contributed by atoms with Gasteiger partial charge in [0.2, 0.25) is 21.8 Å². The van der Waals surface area contributed by atoms with Crippen LogP contribution in [-0.2, 0) is 32.6 Å². The molecule has 0 radical (unpaired) electrons. The van der Waals surface area contributed by atoms with Gasteiger partial charge in [-0.25, -0.2) is 8.42 Å². The summed E-state index contributed by atoms with van der Waals surface area (Å²) in [5.74, 6) is -0.422. The molecule has 3 rings (SSSR count). The lowest BCUT2D eigenvalue weighted by Gasteiger charge is -2.33. The van der Waals surface area contributed by atoms with E-state index in [0.717, 1.165) is 34.9 Å². The van der Waals surface area contributed by atoms with Crippen molar-refractivity contribution in [3.8, 4) is 0 Å². The first kappa shape index (κ1) is 33.1. The molecule has 0 unspecified atom stereocenters. The molecule has 0 spiro atoms. The zero-order chi connectivity index (χ0) is 30.9. The van der Waals surface area contributed by atoms with E-state index in [1.54, 1.807) is 23.1 Å². The average Bonchev–Trinajstić information content (AvgIpc) is 2.94. The number of amides is 2. The largest absolute Gasteiger partial charge is 0.352 e. The number of hydrogen-bond acceptors (Lipinski definition) is 4. The molecular formula is C33H42ClN3O4S. The van der Waals surface area contributed by atoms with Crippen molar-refractivity contribution in [1.82, 2.24) is 10.2 Å². The van der Waals surface area contributed by atoms with Crippen molar-refractivity contribution in [3.63, 3.8) is 0 Å². The summed E-state index contributed by atoms with van der Waals surface area (Å²) >= 11 is 6.18. The number of aryl methyl sites for hydroxylation is 2. The number of benzene rings is 3. The lowest BCUT2D eigenvalue weighted by molar-refractivity contribution is -0.141. The van der Waals surface area contributed by atoms with Gasteiger partial charge in [0.1, 0.15) is 6.04 Å². The van der Waals surface area contributed by atoms with E-state index in [4.69, 9.17) is 11.6 Å². The van der Waals surface area contributed by atoms with Gasteiger partial charge in [-0.15, -0.1) is 0 Å². The van der Waals surface area contributed by atoms with E-state index in [2.05, 4.69) is 5.32 Å². The summed E-state index contributed by atoms with van der Waals surface area (Å²) in [4.78, 5) is 29.3. The molecule has 3 aromatic rings. The van der Waals surface area contributed by atoms with E-state index in [-0.39, 0.29) is 43.8 Å². The molecule has 0 aromatic heterocycles. The van der Waals surface area contributed by atoms with Crippen molar-refractivity contribution >= 4 is 39.1 Å². The number of nitrogens with one attached hydrogen (secondary N) is 1. The SMILES string of the molecule is CC[C@@H](C)NC(=O)[C@@H](Cc1ccccc1)N(Cc1cccc(C)c1)C(=O)CCCN(c1cc(Cl)ccc1C)S(C)(=O)=O. The quantitative estimate of drug-likeness (QED) is 0.240. The van der Waals surface area contributed by atoms with Gasteiger partial charge in [0, 0.05) is 37.0 Å². The van der Waals surface area contributed by atoms with E-state index in [0.29, 0.717) is 17.1 Å². The first-order chi connectivity index (χ1) is 19.9. The first-order valence-electron chi connectivity index (χ1n) is 14.3. The standard InChI is InChI=1S/C33H42ClN3O4S/c1-6-26(4)35-33(39)31(21-27-13-8-7-9-14-27)36(23-28-15-10-12-24(2)20-28)32(38)16-11-19-37(42(5,40)41)30-22-29(34)18-17-25(30)3/h7-10,12-15,17-18,20,22,26,31H,6,11,16,19,21,23H2,1-5H3,(H,35,39)/t26-,31-/m1/s1. The van der Waals surface area contributed by atoms with E-state index in [1.807, 2.05) is 82.3 Å². The molecule has 0 aliphatic rings. The van der Waals surface area contributed by atoms with E-state index in [1.165, 1.54) is 4.31 Å². The van der Waals surface area contributed by atoms with Crippen LogP contribution >= 0.6 is 11.6 Å². The highest BCUT2D eigenvalue weighted by Crippen LogP contribution is 2.27. The van der Waals surface area contributed by atoms with E-state index < -0.39 is 16.1 Å². The lowest BCUT2D eigenvalue weighted by Crippen LogP contribution is -2.52. The topological polar surface area (TPSA) is 86.8 Å². The van der Waals surface area contributed by atoms with Crippen molar-refractivity contribution in [1.29, 1.82) is 0 Å². The second-order valence-corrected chi connectivity index (χ2v) is 13.2. The second kappa shape index (κ2) is 15.2. The van der Waals surface area contributed by atoms with Gasteiger partial charge in [0.05, 0.1) is 11.9 Å². The molecule has 0 fully saturated rings. The summed E-state index contributed by atoms with van der Waals surface area (Å²) in [6, 6.07) is 21.9. The Labute approximate surface area is 255 Å². The number of nitrogens with zero attached hydrogens (tertiary/aromatic N) is 2. The minimum Gasteiger partial charge on any atom is -0.352 e. The highest BCUT2D eigenvalue weighted by molar-refractivity contribution is 7.92. The fraction of sp³-hybridized carbons (Fsp3) is 0.394. The second-order valence-electron chi connectivity index (χ2n) is 10.9.